The summed E-state index contributed by atoms with van der Waals surface area (Å²) in [7, 11) is 1.83. The highest BCUT2D eigenvalue weighted by Crippen LogP contribution is 2.19. The molecule has 0 aliphatic carbocycles. The van der Waals surface area contributed by atoms with E-state index in [-0.39, 0.29) is 18.2 Å². The van der Waals surface area contributed by atoms with Crippen LogP contribution in [0.15, 0.2) is 65.5 Å². The largest absolute Gasteiger partial charge is 0.486 e. The third kappa shape index (κ3) is 4.29. The molecule has 1 aromatic carbocycles. The number of rotatable bonds is 6. The predicted octanol–water partition coefficient (Wildman–Crippen LogP) is 3.44. The molecule has 0 radical (unpaired) electrons. The van der Waals surface area contributed by atoms with Gasteiger partial charge in [-0.05, 0) is 48.5 Å². The van der Waals surface area contributed by atoms with Crippen LogP contribution in [0.3, 0.4) is 0 Å². The quantitative estimate of drug-likeness (QED) is 0.539. The van der Waals surface area contributed by atoms with E-state index in [0.29, 0.717) is 23.2 Å². The molecule has 3 aromatic heterocycles. The van der Waals surface area contributed by atoms with Crippen LogP contribution in [0.4, 0.5) is 10.2 Å². The minimum Gasteiger partial charge on any atom is -0.486 e. The molecule has 1 N–H and O–H groups in total. The first kappa shape index (κ1) is 18.4. The van der Waals surface area contributed by atoms with Gasteiger partial charge in [-0.2, -0.15) is 0 Å². The number of ether oxygens (including phenoxy) is 1. The van der Waals surface area contributed by atoms with Gasteiger partial charge in [0.05, 0.1) is 0 Å². The Labute approximate surface area is 165 Å². The normalized spacial score (nSPS) is 10.7. The first-order valence-electron chi connectivity index (χ1n) is 8.67. The average Bonchev–Trinajstić information content (AvgIpc) is 3.37. The van der Waals surface area contributed by atoms with Crippen molar-refractivity contribution in [2.75, 3.05) is 5.32 Å². The molecule has 4 rings (SSSR count). The van der Waals surface area contributed by atoms with Crippen LogP contribution in [0.1, 0.15) is 16.3 Å². The molecule has 0 aliphatic rings. The van der Waals surface area contributed by atoms with Crippen molar-refractivity contribution in [1.82, 2.24) is 19.7 Å². The summed E-state index contributed by atoms with van der Waals surface area (Å²) in [5, 5.41) is 10.6. The van der Waals surface area contributed by atoms with Crippen molar-refractivity contribution >= 4 is 11.7 Å². The molecule has 4 aromatic rings. The maximum Gasteiger partial charge on any atom is 0.292 e. The standard InChI is InChI=1S/C20H16FN5O3/c1-26-12-23-25-19(26)13-8-9-22-18(10-13)24-20(27)17-7-6-16(29-17)11-28-15-4-2-14(21)3-5-15/h2-10,12H,11H2,1H3,(H,22,24,27). The molecule has 0 unspecified atom stereocenters. The predicted molar refractivity (Wildman–Crippen MR) is 102 cm³/mol. The summed E-state index contributed by atoms with van der Waals surface area (Å²) < 4.78 is 25.7. The van der Waals surface area contributed by atoms with Crippen molar-refractivity contribution in [2.45, 2.75) is 6.61 Å². The molecular weight excluding hydrogens is 377 g/mol. The number of pyridine rings is 1. The molecule has 29 heavy (non-hydrogen) atoms. The SMILES string of the molecule is Cn1cnnc1-c1ccnc(NC(=O)c2ccc(COc3ccc(F)cc3)o2)c1. The summed E-state index contributed by atoms with van der Waals surface area (Å²) in [5.41, 5.74) is 0.767. The van der Waals surface area contributed by atoms with Crippen molar-refractivity contribution in [3.8, 4) is 17.1 Å². The number of amides is 1. The smallest absolute Gasteiger partial charge is 0.292 e. The molecular formula is C20H16FN5O3. The third-order valence-electron chi connectivity index (χ3n) is 4.05. The van der Waals surface area contributed by atoms with E-state index in [9.17, 15) is 9.18 Å². The van der Waals surface area contributed by atoms with E-state index in [1.54, 1.807) is 41.4 Å². The van der Waals surface area contributed by atoms with Gasteiger partial charge in [0.2, 0.25) is 0 Å². The lowest BCUT2D eigenvalue weighted by molar-refractivity contribution is 0.0992. The Morgan fingerprint density at radius 1 is 1.21 bits per heavy atom. The van der Waals surface area contributed by atoms with Crippen LogP contribution < -0.4 is 10.1 Å². The average molecular weight is 393 g/mol. The summed E-state index contributed by atoms with van der Waals surface area (Å²) in [6, 6.07) is 12.3. The number of anilines is 1. The fraction of sp³-hybridized carbons (Fsp3) is 0.100. The van der Waals surface area contributed by atoms with E-state index in [1.165, 1.54) is 24.3 Å². The molecule has 8 nitrogen and oxygen atoms in total. The molecule has 1 amide bonds. The van der Waals surface area contributed by atoms with Crippen LogP contribution in [-0.2, 0) is 13.7 Å². The van der Waals surface area contributed by atoms with Crippen LogP contribution in [0.2, 0.25) is 0 Å². The van der Waals surface area contributed by atoms with Gasteiger partial charge in [0.25, 0.3) is 5.91 Å². The lowest BCUT2D eigenvalue weighted by Gasteiger charge is -2.05. The van der Waals surface area contributed by atoms with Crippen molar-refractivity contribution < 1.29 is 18.3 Å². The summed E-state index contributed by atoms with van der Waals surface area (Å²) >= 11 is 0. The van der Waals surface area contributed by atoms with Crippen molar-refractivity contribution in [1.29, 1.82) is 0 Å². The minimum atomic E-state index is -0.444. The van der Waals surface area contributed by atoms with Crippen LogP contribution in [0.5, 0.6) is 5.75 Å². The summed E-state index contributed by atoms with van der Waals surface area (Å²) in [6.07, 6.45) is 3.16. The molecule has 0 spiro atoms. The summed E-state index contributed by atoms with van der Waals surface area (Å²) in [5.74, 6) is 1.30. The van der Waals surface area contributed by atoms with E-state index in [0.717, 1.165) is 5.56 Å². The third-order valence-corrected chi connectivity index (χ3v) is 4.05. The van der Waals surface area contributed by atoms with E-state index in [1.807, 2.05) is 7.05 Å². The van der Waals surface area contributed by atoms with Gasteiger partial charge < -0.3 is 19.0 Å². The Hall–Kier alpha value is -4.01. The van der Waals surface area contributed by atoms with Gasteiger partial charge in [0, 0.05) is 18.8 Å². The Bertz CT molecular complexity index is 1140. The number of nitrogens with one attached hydrogen (secondary N) is 1. The zero-order chi connectivity index (χ0) is 20.2. The number of carbonyl (C=O) groups excluding carboxylic acids is 1. The van der Waals surface area contributed by atoms with Crippen molar-refractivity contribution in [2.24, 2.45) is 7.05 Å². The first-order chi connectivity index (χ1) is 14.1. The van der Waals surface area contributed by atoms with Gasteiger partial charge >= 0.3 is 0 Å². The number of carbonyl (C=O) groups is 1. The second kappa shape index (κ2) is 7.93. The lowest BCUT2D eigenvalue weighted by Crippen LogP contribution is -2.12. The maximum atomic E-state index is 12.9. The number of hydrogen-bond donors (Lipinski definition) is 1. The van der Waals surface area contributed by atoms with Gasteiger partial charge in [0.1, 0.15) is 36.1 Å². The van der Waals surface area contributed by atoms with Gasteiger partial charge in [0.15, 0.2) is 11.6 Å². The van der Waals surface area contributed by atoms with Crippen LogP contribution in [0, 0.1) is 5.82 Å². The summed E-state index contributed by atoms with van der Waals surface area (Å²) in [6.45, 7) is 0.110. The lowest BCUT2D eigenvalue weighted by atomic mass is 10.2. The summed E-state index contributed by atoms with van der Waals surface area (Å²) in [4.78, 5) is 16.6. The van der Waals surface area contributed by atoms with Gasteiger partial charge in [-0.3, -0.25) is 4.79 Å². The van der Waals surface area contributed by atoms with Gasteiger partial charge in [-0.1, -0.05) is 0 Å². The number of nitrogens with zero attached hydrogens (tertiary/aromatic N) is 4. The monoisotopic (exact) mass is 393 g/mol. The highest BCUT2D eigenvalue weighted by Gasteiger charge is 2.14. The minimum absolute atomic E-state index is 0.110. The van der Waals surface area contributed by atoms with Gasteiger partial charge in [-0.25, -0.2) is 9.37 Å². The van der Waals surface area contributed by atoms with E-state index >= 15 is 0 Å². The molecule has 0 saturated carbocycles. The molecule has 3 heterocycles. The van der Waals surface area contributed by atoms with Crippen LogP contribution in [0.25, 0.3) is 11.4 Å². The molecule has 146 valence electrons. The molecule has 0 fully saturated rings. The molecule has 0 saturated heterocycles. The van der Waals surface area contributed by atoms with E-state index in [2.05, 4.69) is 20.5 Å². The number of furan rings is 1. The van der Waals surface area contributed by atoms with Crippen molar-refractivity contribution in [3.63, 3.8) is 0 Å². The van der Waals surface area contributed by atoms with Crippen molar-refractivity contribution in [3.05, 3.63) is 78.4 Å². The van der Waals surface area contributed by atoms with Crippen LogP contribution >= 0.6 is 0 Å². The zero-order valence-electron chi connectivity index (χ0n) is 15.4. The zero-order valence-corrected chi connectivity index (χ0v) is 15.4. The highest BCUT2D eigenvalue weighted by atomic mass is 19.1. The number of halogens is 1. The number of benzene rings is 1. The number of aromatic nitrogens is 4. The first-order valence-corrected chi connectivity index (χ1v) is 8.67. The van der Waals surface area contributed by atoms with E-state index < -0.39 is 5.91 Å². The molecule has 9 heteroatoms. The maximum absolute atomic E-state index is 12.9. The topological polar surface area (TPSA) is 95.1 Å². The second-order valence-electron chi connectivity index (χ2n) is 6.16. The number of aryl methyl sites for hydroxylation is 1. The molecule has 0 aliphatic heterocycles. The Morgan fingerprint density at radius 3 is 2.79 bits per heavy atom. The molecule has 0 atom stereocenters. The van der Waals surface area contributed by atoms with Gasteiger partial charge in [-0.15, -0.1) is 10.2 Å². The van der Waals surface area contributed by atoms with Crippen LogP contribution in [-0.4, -0.2) is 25.7 Å². The second-order valence-corrected chi connectivity index (χ2v) is 6.16. The Balaban J connectivity index is 1.40. The molecule has 0 bridgehead atoms. The fourth-order valence-corrected chi connectivity index (χ4v) is 2.62. The number of hydrogen-bond acceptors (Lipinski definition) is 6. The Morgan fingerprint density at radius 2 is 2.03 bits per heavy atom. The highest BCUT2D eigenvalue weighted by molar-refractivity contribution is 6.01. The fourth-order valence-electron chi connectivity index (χ4n) is 2.62. The van der Waals surface area contributed by atoms with E-state index in [4.69, 9.17) is 9.15 Å². The Kier molecular flexibility index (Phi) is 5.02.